The first-order valence-electron chi connectivity index (χ1n) is 7.29. The van der Waals surface area contributed by atoms with Crippen LogP contribution in [-0.2, 0) is 0 Å². The van der Waals surface area contributed by atoms with Crippen LogP contribution in [0.15, 0.2) is 29.2 Å². The van der Waals surface area contributed by atoms with Crippen LogP contribution in [0.4, 0.5) is 4.79 Å². The molecule has 0 atom stereocenters. The SMILES string of the molecule is COc1ccc(SNN(CCCNC(=O)O)CC(C)C)cc1. The third kappa shape index (κ3) is 8.11. The van der Waals surface area contributed by atoms with Crippen molar-refractivity contribution in [2.45, 2.75) is 25.2 Å². The van der Waals surface area contributed by atoms with Crippen LogP contribution in [0.1, 0.15) is 20.3 Å². The summed E-state index contributed by atoms with van der Waals surface area (Å²) >= 11 is 1.54. The first-order chi connectivity index (χ1) is 10.5. The maximum atomic E-state index is 10.4. The maximum Gasteiger partial charge on any atom is 0.404 e. The van der Waals surface area contributed by atoms with E-state index < -0.39 is 6.09 Å². The molecular weight excluding hydrogens is 302 g/mol. The van der Waals surface area contributed by atoms with Gasteiger partial charge in [-0.3, -0.25) is 0 Å². The van der Waals surface area contributed by atoms with E-state index >= 15 is 0 Å². The van der Waals surface area contributed by atoms with Crippen molar-refractivity contribution >= 4 is 18.0 Å². The van der Waals surface area contributed by atoms with Crippen molar-refractivity contribution in [3.05, 3.63) is 24.3 Å². The van der Waals surface area contributed by atoms with E-state index in [1.165, 1.54) is 11.9 Å². The van der Waals surface area contributed by atoms with Crippen LogP contribution in [-0.4, -0.2) is 43.0 Å². The third-order valence-corrected chi connectivity index (χ3v) is 3.68. The van der Waals surface area contributed by atoms with Crippen molar-refractivity contribution < 1.29 is 14.6 Å². The lowest BCUT2D eigenvalue weighted by Crippen LogP contribution is -2.38. The first kappa shape index (κ1) is 18.6. The van der Waals surface area contributed by atoms with Crippen LogP contribution in [0.5, 0.6) is 5.75 Å². The molecule has 1 amide bonds. The first-order valence-corrected chi connectivity index (χ1v) is 8.11. The minimum Gasteiger partial charge on any atom is -0.497 e. The molecule has 124 valence electrons. The van der Waals surface area contributed by atoms with Gasteiger partial charge in [0.15, 0.2) is 0 Å². The van der Waals surface area contributed by atoms with Crippen molar-refractivity contribution in [1.82, 2.24) is 15.2 Å². The van der Waals surface area contributed by atoms with Gasteiger partial charge in [-0.05, 0) is 48.6 Å². The van der Waals surface area contributed by atoms with Gasteiger partial charge in [0.1, 0.15) is 5.75 Å². The number of nitrogens with one attached hydrogen (secondary N) is 2. The number of carbonyl (C=O) groups is 1. The Morgan fingerprint density at radius 1 is 1.36 bits per heavy atom. The fourth-order valence-electron chi connectivity index (χ4n) is 1.84. The molecule has 0 aliphatic heterocycles. The number of nitrogens with zero attached hydrogens (tertiary/aromatic N) is 1. The number of ether oxygens (including phenoxy) is 1. The van der Waals surface area contributed by atoms with E-state index in [0.29, 0.717) is 12.5 Å². The summed E-state index contributed by atoms with van der Waals surface area (Å²) < 4.78 is 5.14. The number of methoxy groups -OCH3 is 1. The van der Waals surface area contributed by atoms with Crippen LogP contribution in [0.2, 0.25) is 0 Å². The summed E-state index contributed by atoms with van der Waals surface area (Å²) in [6.45, 7) is 6.45. The average molecular weight is 327 g/mol. The highest BCUT2D eigenvalue weighted by atomic mass is 32.2. The molecule has 7 heteroatoms. The van der Waals surface area contributed by atoms with Gasteiger partial charge in [0.25, 0.3) is 0 Å². The molecular formula is C15H25N3O3S. The number of carboxylic acid groups (broad SMARTS) is 1. The van der Waals surface area contributed by atoms with E-state index in [1.54, 1.807) is 7.11 Å². The molecule has 6 nitrogen and oxygen atoms in total. The zero-order valence-corrected chi connectivity index (χ0v) is 14.2. The minimum atomic E-state index is -0.976. The molecule has 22 heavy (non-hydrogen) atoms. The van der Waals surface area contributed by atoms with Gasteiger partial charge in [-0.25, -0.2) is 9.80 Å². The van der Waals surface area contributed by atoms with Gasteiger partial charge in [0, 0.05) is 24.5 Å². The molecule has 0 aliphatic carbocycles. The summed E-state index contributed by atoms with van der Waals surface area (Å²) in [5.41, 5.74) is 0. The maximum absolute atomic E-state index is 10.4. The van der Waals surface area contributed by atoms with E-state index in [9.17, 15) is 4.79 Å². The summed E-state index contributed by atoms with van der Waals surface area (Å²) in [5, 5.41) is 13.1. The second-order valence-corrected chi connectivity index (χ2v) is 6.15. The highest BCUT2D eigenvalue weighted by molar-refractivity contribution is 7.97. The Morgan fingerprint density at radius 2 is 2.05 bits per heavy atom. The fourth-order valence-corrected chi connectivity index (χ4v) is 2.51. The zero-order valence-electron chi connectivity index (χ0n) is 13.3. The van der Waals surface area contributed by atoms with Gasteiger partial charge in [0.05, 0.1) is 7.11 Å². The molecule has 0 fully saturated rings. The van der Waals surface area contributed by atoms with E-state index in [2.05, 4.69) is 29.0 Å². The van der Waals surface area contributed by atoms with Crippen LogP contribution in [0.25, 0.3) is 0 Å². The molecule has 0 saturated carbocycles. The number of hydrogen-bond donors (Lipinski definition) is 3. The summed E-state index contributed by atoms with van der Waals surface area (Å²) in [5.74, 6) is 1.36. The Balaban J connectivity index is 2.40. The second kappa shape index (κ2) is 10.3. The standard InChI is InChI=1S/C15H25N3O3S/c1-12(2)11-18(10-4-9-16-15(19)20)17-22-14-7-5-13(21-3)6-8-14/h5-8,12,16-17H,4,9-11H2,1-3H3,(H,19,20). The predicted molar refractivity (Wildman–Crippen MR) is 89.0 cm³/mol. The molecule has 0 radical (unpaired) electrons. The van der Waals surface area contributed by atoms with Crippen LogP contribution < -0.4 is 14.9 Å². The normalized spacial score (nSPS) is 11.0. The molecule has 0 aliphatic rings. The van der Waals surface area contributed by atoms with Gasteiger partial charge in [-0.15, -0.1) is 0 Å². The van der Waals surface area contributed by atoms with Crippen molar-refractivity contribution in [2.24, 2.45) is 5.92 Å². The van der Waals surface area contributed by atoms with Crippen LogP contribution in [0.3, 0.4) is 0 Å². The van der Waals surface area contributed by atoms with E-state index in [1.807, 2.05) is 24.3 Å². The minimum absolute atomic E-state index is 0.457. The Morgan fingerprint density at radius 3 is 2.59 bits per heavy atom. The lowest BCUT2D eigenvalue weighted by Gasteiger charge is -2.24. The lowest BCUT2D eigenvalue weighted by molar-refractivity contribution is 0.190. The average Bonchev–Trinajstić information content (AvgIpc) is 2.48. The van der Waals surface area contributed by atoms with Gasteiger partial charge in [-0.1, -0.05) is 13.8 Å². The number of hydrogen-bond acceptors (Lipinski definition) is 5. The Hall–Kier alpha value is -1.44. The van der Waals surface area contributed by atoms with Gasteiger partial charge >= 0.3 is 6.09 Å². The monoisotopic (exact) mass is 327 g/mol. The lowest BCUT2D eigenvalue weighted by atomic mass is 10.2. The number of amides is 1. The van der Waals surface area contributed by atoms with Crippen molar-refractivity contribution in [1.29, 1.82) is 0 Å². The molecule has 1 aromatic carbocycles. The van der Waals surface area contributed by atoms with Gasteiger partial charge in [-0.2, -0.15) is 4.83 Å². The van der Waals surface area contributed by atoms with Crippen LogP contribution >= 0.6 is 11.9 Å². The van der Waals surface area contributed by atoms with E-state index in [-0.39, 0.29) is 0 Å². The second-order valence-electron chi connectivity index (χ2n) is 5.29. The smallest absolute Gasteiger partial charge is 0.404 e. The van der Waals surface area contributed by atoms with Crippen molar-refractivity contribution in [2.75, 3.05) is 26.7 Å². The summed E-state index contributed by atoms with van der Waals surface area (Å²) in [4.78, 5) is 14.9. The van der Waals surface area contributed by atoms with Gasteiger partial charge < -0.3 is 15.2 Å². The highest BCUT2D eigenvalue weighted by Gasteiger charge is 2.08. The van der Waals surface area contributed by atoms with E-state index in [4.69, 9.17) is 9.84 Å². The zero-order chi connectivity index (χ0) is 16.4. The van der Waals surface area contributed by atoms with Crippen molar-refractivity contribution in [3.8, 4) is 5.75 Å². The summed E-state index contributed by atoms with van der Waals surface area (Å²) in [6.07, 6.45) is -0.217. The molecule has 0 spiro atoms. The Kier molecular flexibility index (Phi) is 8.72. The molecule has 0 unspecified atom stereocenters. The predicted octanol–water partition coefficient (Wildman–Crippen LogP) is 2.82. The van der Waals surface area contributed by atoms with E-state index in [0.717, 1.165) is 30.2 Å². The molecule has 0 saturated heterocycles. The molecule has 0 heterocycles. The Bertz CT molecular complexity index is 440. The Labute approximate surface area is 136 Å². The molecule has 3 N–H and O–H groups in total. The van der Waals surface area contributed by atoms with Crippen molar-refractivity contribution in [3.63, 3.8) is 0 Å². The highest BCUT2D eigenvalue weighted by Crippen LogP contribution is 2.19. The topological polar surface area (TPSA) is 73.8 Å². The fraction of sp³-hybridized carbons (Fsp3) is 0.533. The number of hydrazine groups is 1. The third-order valence-electron chi connectivity index (χ3n) is 2.82. The summed E-state index contributed by atoms with van der Waals surface area (Å²) in [7, 11) is 1.65. The number of benzene rings is 1. The molecule has 0 aromatic heterocycles. The molecule has 1 aromatic rings. The van der Waals surface area contributed by atoms with Gasteiger partial charge in [0.2, 0.25) is 0 Å². The quantitative estimate of drug-likeness (QED) is 0.349. The van der Waals surface area contributed by atoms with Crippen LogP contribution in [0, 0.1) is 5.92 Å². The largest absolute Gasteiger partial charge is 0.497 e. The molecule has 1 rings (SSSR count). The number of rotatable bonds is 10. The summed E-state index contributed by atoms with van der Waals surface area (Å²) in [6, 6.07) is 7.84. The molecule has 0 bridgehead atoms.